The number of aliphatic hydroxyl groups is 1. The Morgan fingerprint density at radius 1 is 1.33 bits per heavy atom. The molecule has 12 heavy (non-hydrogen) atoms. The van der Waals surface area contributed by atoms with Crippen molar-refractivity contribution in [1.29, 1.82) is 0 Å². The van der Waals surface area contributed by atoms with Crippen LogP contribution in [0, 0.1) is 6.92 Å². The molecular weight excluding hydrogens is 152 g/mol. The van der Waals surface area contributed by atoms with Gasteiger partial charge in [0.05, 0.1) is 12.4 Å². The van der Waals surface area contributed by atoms with Crippen LogP contribution >= 0.6 is 0 Å². The molecule has 0 saturated heterocycles. The van der Waals surface area contributed by atoms with Gasteiger partial charge in [-0.15, -0.1) is 0 Å². The van der Waals surface area contributed by atoms with Gasteiger partial charge in [-0.25, -0.2) is 0 Å². The van der Waals surface area contributed by atoms with Gasteiger partial charge in [0.25, 0.3) is 0 Å². The molecule has 2 aromatic rings. The molecule has 0 aliphatic heterocycles. The second-order valence-electron chi connectivity index (χ2n) is 2.70. The van der Waals surface area contributed by atoms with Crippen LogP contribution < -0.4 is 0 Å². The summed E-state index contributed by atoms with van der Waals surface area (Å²) in [6.07, 6.45) is 0.830. The fourth-order valence-corrected chi connectivity index (χ4v) is 1.26. The van der Waals surface area contributed by atoms with E-state index in [1.807, 2.05) is 24.3 Å². The molecular formula is C10H9O2. The Hall–Kier alpha value is -1.28. The van der Waals surface area contributed by atoms with Gasteiger partial charge < -0.3 is 9.52 Å². The Balaban J connectivity index is 2.70. The summed E-state index contributed by atoms with van der Waals surface area (Å²) >= 11 is 0. The van der Waals surface area contributed by atoms with Crippen LogP contribution in [0.5, 0.6) is 0 Å². The van der Waals surface area contributed by atoms with E-state index in [9.17, 15) is 5.11 Å². The third-order valence-corrected chi connectivity index (χ3v) is 1.87. The molecule has 0 aliphatic carbocycles. The van der Waals surface area contributed by atoms with Gasteiger partial charge in [0.2, 0.25) is 0 Å². The predicted octanol–water partition coefficient (Wildman–Crippen LogP) is 2.30. The van der Waals surface area contributed by atoms with Gasteiger partial charge in [0, 0.05) is 10.9 Å². The van der Waals surface area contributed by atoms with Crippen LogP contribution in [-0.4, -0.2) is 5.11 Å². The van der Waals surface area contributed by atoms with Crippen molar-refractivity contribution >= 4 is 11.0 Å². The van der Waals surface area contributed by atoms with Gasteiger partial charge >= 0.3 is 0 Å². The van der Waals surface area contributed by atoms with Crippen molar-refractivity contribution in [1.82, 2.24) is 0 Å². The summed E-state index contributed by atoms with van der Waals surface area (Å²) in [6, 6.07) is 7.57. The first kappa shape index (κ1) is 7.37. The zero-order chi connectivity index (χ0) is 8.55. The number of rotatable bonds is 1. The number of para-hydroxylation sites is 1. The quantitative estimate of drug-likeness (QED) is 0.696. The molecule has 0 amide bonds. The number of hydrogen-bond acceptors (Lipinski definition) is 2. The average molecular weight is 161 g/mol. The fraction of sp³-hybridized carbons (Fsp3) is 0.100. The molecule has 61 valence electrons. The van der Waals surface area contributed by atoms with E-state index in [1.54, 1.807) is 6.26 Å². The first-order valence-corrected chi connectivity index (χ1v) is 3.76. The molecule has 2 nitrogen and oxygen atoms in total. The zero-order valence-electron chi connectivity index (χ0n) is 6.53. The molecule has 2 rings (SSSR count). The molecule has 1 heterocycles. The van der Waals surface area contributed by atoms with Crippen molar-refractivity contribution in [3.63, 3.8) is 0 Å². The second kappa shape index (κ2) is 2.64. The second-order valence-corrected chi connectivity index (χ2v) is 2.70. The van der Waals surface area contributed by atoms with Crippen molar-refractivity contribution in [2.75, 3.05) is 0 Å². The fourth-order valence-electron chi connectivity index (χ4n) is 1.26. The van der Waals surface area contributed by atoms with E-state index in [0.717, 1.165) is 16.5 Å². The summed E-state index contributed by atoms with van der Waals surface area (Å²) in [5, 5.41) is 10.2. The van der Waals surface area contributed by atoms with Gasteiger partial charge in [-0.2, -0.15) is 0 Å². The molecule has 1 aromatic carbocycles. The van der Waals surface area contributed by atoms with E-state index in [-0.39, 0.29) is 0 Å². The minimum atomic E-state index is -0.714. The minimum absolute atomic E-state index is 0.714. The Bertz CT molecular complexity index is 387. The number of hydrogen-bond donors (Lipinski definition) is 1. The lowest BCUT2D eigenvalue weighted by Gasteiger charge is -1.98. The van der Waals surface area contributed by atoms with Gasteiger partial charge in [0.1, 0.15) is 5.58 Å². The molecule has 1 aromatic heterocycles. The highest BCUT2D eigenvalue weighted by atomic mass is 16.3. The number of benzene rings is 1. The first-order valence-electron chi connectivity index (χ1n) is 3.76. The molecule has 0 saturated carbocycles. The van der Waals surface area contributed by atoms with Crippen LogP contribution in [-0.2, 0) is 0 Å². The largest absolute Gasteiger partial charge is 0.464 e. The van der Waals surface area contributed by atoms with E-state index in [1.165, 1.54) is 0 Å². The molecule has 1 radical (unpaired) electrons. The van der Waals surface area contributed by atoms with Crippen molar-refractivity contribution in [3.05, 3.63) is 43.0 Å². The van der Waals surface area contributed by atoms with E-state index in [0.29, 0.717) is 0 Å². The molecule has 0 bridgehead atoms. The molecule has 1 N–H and O–H groups in total. The third kappa shape index (κ3) is 1.01. The summed E-state index contributed by atoms with van der Waals surface area (Å²) < 4.78 is 5.21. The van der Waals surface area contributed by atoms with E-state index >= 15 is 0 Å². The molecule has 1 atom stereocenters. The third-order valence-electron chi connectivity index (χ3n) is 1.87. The predicted molar refractivity (Wildman–Crippen MR) is 46.5 cm³/mol. The average Bonchev–Trinajstić information content (AvgIpc) is 2.47. The standard InChI is InChI=1S/C10H9O2/c1-7(11)9-6-12-10-5-3-2-4-8(9)10/h2-7,11H,1H2. The molecule has 0 fully saturated rings. The zero-order valence-corrected chi connectivity index (χ0v) is 6.53. The highest BCUT2D eigenvalue weighted by Crippen LogP contribution is 2.25. The van der Waals surface area contributed by atoms with Crippen molar-refractivity contribution in [2.24, 2.45) is 0 Å². The van der Waals surface area contributed by atoms with E-state index in [2.05, 4.69) is 6.92 Å². The van der Waals surface area contributed by atoms with Crippen LogP contribution in [0.3, 0.4) is 0 Å². The Kier molecular flexibility index (Phi) is 1.62. The summed E-state index contributed by atoms with van der Waals surface area (Å²) in [6.45, 7) is 3.53. The lowest BCUT2D eigenvalue weighted by Crippen LogP contribution is -1.87. The lowest BCUT2D eigenvalue weighted by atomic mass is 10.1. The molecule has 0 spiro atoms. The normalized spacial score (nSPS) is 13.5. The maximum absolute atomic E-state index is 9.24. The number of furan rings is 1. The van der Waals surface area contributed by atoms with Crippen LogP contribution in [0.15, 0.2) is 34.9 Å². The smallest absolute Gasteiger partial charge is 0.134 e. The molecule has 0 aliphatic rings. The number of fused-ring (bicyclic) bond motifs is 1. The van der Waals surface area contributed by atoms with Gasteiger partial charge in [-0.3, -0.25) is 0 Å². The maximum Gasteiger partial charge on any atom is 0.134 e. The summed E-state index contributed by atoms with van der Waals surface area (Å²) in [5.41, 5.74) is 1.53. The topological polar surface area (TPSA) is 33.4 Å². The monoisotopic (exact) mass is 161 g/mol. The van der Waals surface area contributed by atoms with Crippen molar-refractivity contribution in [2.45, 2.75) is 6.10 Å². The van der Waals surface area contributed by atoms with Crippen LogP contribution in [0.1, 0.15) is 11.7 Å². The summed E-state index contributed by atoms with van der Waals surface area (Å²) in [7, 11) is 0. The number of aliphatic hydroxyl groups excluding tert-OH is 1. The first-order chi connectivity index (χ1) is 5.79. The van der Waals surface area contributed by atoms with Gasteiger partial charge in [-0.05, 0) is 13.0 Å². The van der Waals surface area contributed by atoms with E-state index < -0.39 is 6.10 Å². The van der Waals surface area contributed by atoms with Crippen LogP contribution in [0.4, 0.5) is 0 Å². The van der Waals surface area contributed by atoms with Crippen LogP contribution in [0.25, 0.3) is 11.0 Å². The Labute approximate surface area is 70.4 Å². The molecule has 1 unspecified atom stereocenters. The van der Waals surface area contributed by atoms with Gasteiger partial charge in [-0.1, -0.05) is 18.2 Å². The summed E-state index contributed by atoms with van der Waals surface area (Å²) in [5.74, 6) is 0. The Morgan fingerprint density at radius 3 is 2.83 bits per heavy atom. The van der Waals surface area contributed by atoms with Crippen LogP contribution in [0.2, 0.25) is 0 Å². The molecule has 2 heteroatoms. The highest BCUT2D eigenvalue weighted by Gasteiger charge is 2.08. The van der Waals surface area contributed by atoms with Crippen molar-refractivity contribution in [3.8, 4) is 0 Å². The van der Waals surface area contributed by atoms with Gasteiger partial charge in [0.15, 0.2) is 0 Å². The van der Waals surface area contributed by atoms with E-state index in [4.69, 9.17) is 4.42 Å². The lowest BCUT2D eigenvalue weighted by molar-refractivity contribution is 0.226. The Morgan fingerprint density at radius 2 is 2.08 bits per heavy atom. The highest BCUT2D eigenvalue weighted by molar-refractivity contribution is 5.81. The maximum atomic E-state index is 9.24. The minimum Gasteiger partial charge on any atom is -0.464 e. The summed E-state index contributed by atoms with van der Waals surface area (Å²) in [4.78, 5) is 0. The van der Waals surface area contributed by atoms with Crippen molar-refractivity contribution < 1.29 is 9.52 Å². The SMILES string of the molecule is [CH2]C(O)c1coc2ccccc12.